The highest BCUT2D eigenvalue weighted by molar-refractivity contribution is 6.29. The Bertz CT molecular complexity index is 496. The van der Waals surface area contributed by atoms with Crippen molar-refractivity contribution in [2.24, 2.45) is 0 Å². The van der Waals surface area contributed by atoms with Gasteiger partial charge in [0.05, 0.1) is 24.6 Å². The maximum Gasteiger partial charge on any atom is 0.213 e. The number of hydrogen-bond donors (Lipinski definition) is 0. The van der Waals surface area contributed by atoms with Crippen LogP contribution in [0.25, 0.3) is 0 Å². The molecule has 0 aliphatic rings. The zero-order valence-corrected chi connectivity index (χ0v) is 8.39. The number of aromatic nitrogens is 4. The molecule has 0 bridgehead atoms. The second-order valence-corrected chi connectivity index (χ2v) is 3.21. The van der Waals surface area contributed by atoms with Crippen molar-refractivity contribution in [1.29, 1.82) is 5.26 Å². The lowest BCUT2D eigenvalue weighted by Gasteiger charge is -2.01. The molecule has 0 unspecified atom stereocenters. The van der Waals surface area contributed by atoms with Gasteiger partial charge in [-0.3, -0.25) is 4.98 Å². The number of halogens is 1. The molecule has 0 saturated heterocycles. The third-order valence-electron chi connectivity index (χ3n) is 1.82. The summed E-state index contributed by atoms with van der Waals surface area (Å²) in [6.45, 7) is 0.465. The molecule has 5 nitrogen and oxygen atoms in total. The summed E-state index contributed by atoms with van der Waals surface area (Å²) in [5, 5.41) is 9.09. The number of nitriles is 1. The summed E-state index contributed by atoms with van der Waals surface area (Å²) in [6, 6.07) is 1.98. The van der Waals surface area contributed by atoms with E-state index in [1.807, 2.05) is 6.07 Å². The van der Waals surface area contributed by atoms with Gasteiger partial charge in [0.15, 0.2) is 0 Å². The first kappa shape index (κ1) is 9.62. The number of hydrogen-bond acceptors (Lipinski definition) is 4. The number of imidazole rings is 1. The molecule has 0 aliphatic carbocycles. The quantitative estimate of drug-likeness (QED) is 0.762. The van der Waals surface area contributed by atoms with E-state index in [2.05, 4.69) is 15.0 Å². The van der Waals surface area contributed by atoms with Gasteiger partial charge >= 0.3 is 0 Å². The summed E-state index contributed by atoms with van der Waals surface area (Å²) < 4.78 is 1.69. The molecule has 0 radical (unpaired) electrons. The van der Waals surface area contributed by atoms with Crippen molar-refractivity contribution >= 4 is 11.6 Å². The molecule has 0 saturated carbocycles. The smallest absolute Gasteiger partial charge is 0.213 e. The lowest BCUT2D eigenvalue weighted by atomic mass is 10.4. The summed E-state index contributed by atoms with van der Waals surface area (Å²) in [5.41, 5.74) is 0.730. The van der Waals surface area contributed by atoms with E-state index in [4.69, 9.17) is 16.9 Å². The Morgan fingerprint density at radius 3 is 2.87 bits per heavy atom. The van der Waals surface area contributed by atoms with Gasteiger partial charge in [0.1, 0.15) is 11.2 Å². The van der Waals surface area contributed by atoms with E-state index in [9.17, 15) is 0 Å². The molecule has 0 aromatic carbocycles. The van der Waals surface area contributed by atoms with E-state index in [0.29, 0.717) is 17.5 Å². The van der Waals surface area contributed by atoms with Crippen LogP contribution in [0.4, 0.5) is 0 Å². The molecule has 0 atom stereocenters. The Morgan fingerprint density at radius 1 is 1.33 bits per heavy atom. The van der Waals surface area contributed by atoms with Crippen molar-refractivity contribution in [2.45, 2.75) is 6.54 Å². The molecule has 74 valence electrons. The summed E-state index contributed by atoms with van der Waals surface area (Å²) >= 11 is 5.61. The first-order valence-electron chi connectivity index (χ1n) is 4.17. The Morgan fingerprint density at radius 2 is 2.20 bits per heavy atom. The molecular weight excluding hydrogens is 214 g/mol. The van der Waals surface area contributed by atoms with Gasteiger partial charge < -0.3 is 4.57 Å². The van der Waals surface area contributed by atoms with Gasteiger partial charge in [-0.05, 0) is 0 Å². The van der Waals surface area contributed by atoms with E-state index in [-0.39, 0.29) is 0 Å². The Hall–Kier alpha value is -1.93. The standard InChI is InChI=1S/C9H6ClN5/c10-8-5-13-7(4-14-8)6-15-2-1-12-9(15)3-11/h1-2,4-5H,6H2. The third-order valence-corrected chi connectivity index (χ3v) is 2.02. The van der Waals surface area contributed by atoms with Crippen LogP contribution < -0.4 is 0 Å². The van der Waals surface area contributed by atoms with Gasteiger partial charge in [0, 0.05) is 12.4 Å². The summed E-state index contributed by atoms with van der Waals surface area (Å²) in [7, 11) is 0. The minimum atomic E-state index is 0.352. The van der Waals surface area contributed by atoms with Gasteiger partial charge in [0.25, 0.3) is 0 Å². The predicted molar refractivity (Wildman–Crippen MR) is 53.1 cm³/mol. The predicted octanol–water partition coefficient (Wildman–Crippen LogP) is 1.25. The number of nitrogens with zero attached hydrogens (tertiary/aromatic N) is 5. The van der Waals surface area contributed by atoms with E-state index < -0.39 is 0 Å². The van der Waals surface area contributed by atoms with Gasteiger partial charge in [-0.15, -0.1) is 0 Å². The highest BCUT2D eigenvalue weighted by Gasteiger charge is 2.03. The van der Waals surface area contributed by atoms with Crippen LogP contribution in [0, 0.1) is 11.3 Å². The zero-order valence-electron chi connectivity index (χ0n) is 7.63. The molecule has 2 heterocycles. The first-order chi connectivity index (χ1) is 7.29. The van der Waals surface area contributed by atoms with Crippen LogP contribution in [-0.2, 0) is 6.54 Å². The molecular formula is C9H6ClN5. The van der Waals surface area contributed by atoms with Gasteiger partial charge in [0.2, 0.25) is 5.82 Å². The van der Waals surface area contributed by atoms with Gasteiger partial charge in [-0.25, -0.2) is 9.97 Å². The fraction of sp³-hybridized carbons (Fsp3) is 0.111. The average Bonchev–Trinajstić information content (AvgIpc) is 2.69. The van der Waals surface area contributed by atoms with Crippen LogP contribution in [0.2, 0.25) is 5.15 Å². The molecule has 0 aliphatic heterocycles. The molecule has 0 N–H and O–H groups in total. The topological polar surface area (TPSA) is 67.4 Å². The van der Waals surface area contributed by atoms with Crippen molar-refractivity contribution in [1.82, 2.24) is 19.5 Å². The highest BCUT2D eigenvalue weighted by Crippen LogP contribution is 2.04. The van der Waals surface area contributed by atoms with Crippen LogP contribution in [-0.4, -0.2) is 19.5 Å². The average molecular weight is 220 g/mol. The molecule has 2 aromatic heterocycles. The molecule has 2 aromatic rings. The van der Waals surface area contributed by atoms with E-state index in [0.717, 1.165) is 5.69 Å². The van der Waals surface area contributed by atoms with Crippen molar-refractivity contribution in [2.75, 3.05) is 0 Å². The Kier molecular flexibility index (Phi) is 2.61. The van der Waals surface area contributed by atoms with Crippen molar-refractivity contribution in [3.05, 3.63) is 41.5 Å². The van der Waals surface area contributed by atoms with Crippen LogP contribution in [0.5, 0.6) is 0 Å². The minimum absolute atomic E-state index is 0.352. The molecule has 0 amide bonds. The Balaban J connectivity index is 2.23. The fourth-order valence-electron chi connectivity index (χ4n) is 1.15. The van der Waals surface area contributed by atoms with Crippen LogP contribution in [0.3, 0.4) is 0 Å². The maximum atomic E-state index is 8.74. The second kappa shape index (κ2) is 4.07. The van der Waals surface area contributed by atoms with Crippen LogP contribution >= 0.6 is 11.6 Å². The Labute approximate surface area is 91.0 Å². The zero-order chi connectivity index (χ0) is 10.7. The summed E-state index contributed by atoms with van der Waals surface area (Å²) in [5.74, 6) is 0.353. The summed E-state index contributed by atoms with van der Waals surface area (Å²) in [4.78, 5) is 11.9. The van der Waals surface area contributed by atoms with Gasteiger partial charge in [-0.2, -0.15) is 5.26 Å². The van der Waals surface area contributed by atoms with Gasteiger partial charge in [-0.1, -0.05) is 11.6 Å². The van der Waals surface area contributed by atoms with E-state index in [1.165, 1.54) is 6.20 Å². The normalized spacial score (nSPS) is 9.87. The molecule has 2 rings (SSSR count). The third kappa shape index (κ3) is 2.11. The summed E-state index contributed by atoms with van der Waals surface area (Å²) in [6.07, 6.45) is 6.33. The highest BCUT2D eigenvalue weighted by atomic mass is 35.5. The SMILES string of the molecule is N#Cc1nccn1Cc1cnc(Cl)cn1. The lowest BCUT2D eigenvalue weighted by molar-refractivity contribution is 0.755. The first-order valence-corrected chi connectivity index (χ1v) is 4.55. The number of rotatable bonds is 2. The van der Waals surface area contributed by atoms with E-state index >= 15 is 0 Å². The monoisotopic (exact) mass is 219 g/mol. The second-order valence-electron chi connectivity index (χ2n) is 2.82. The largest absolute Gasteiger partial charge is 0.317 e. The van der Waals surface area contributed by atoms with Crippen molar-refractivity contribution in [3.8, 4) is 6.07 Å². The van der Waals surface area contributed by atoms with Crippen LogP contribution in [0.15, 0.2) is 24.8 Å². The van der Waals surface area contributed by atoms with Crippen molar-refractivity contribution < 1.29 is 0 Å². The van der Waals surface area contributed by atoms with E-state index in [1.54, 1.807) is 23.2 Å². The molecule has 15 heavy (non-hydrogen) atoms. The maximum absolute atomic E-state index is 8.74. The molecule has 6 heteroatoms. The fourth-order valence-corrected chi connectivity index (χ4v) is 1.24. The van der Waals surface area contributed by atoms with Crippen molar-refractivity contribution in [3.63, 3.8) is 0 Å². The molecule has 0 spiro atoms. The molecule has 0 fully saturated rings. The van der Waals surface area contributed by atoms with Crippen LogP contribution in [0.1, 0.15) is 11.5 Å². The minimum Gasteiger partial charge on any atom is -0.317 e. The lowest BCUT2D eigenvalue weighted by Crippen LogP contribution is -2.03.